The van der Waals surface area contributed by atoms with Gasteiger partial charge in [-0.2, -0.15) is 0 Å². The van der Waals surface area contributed by atoms with Crippen LogP contribution >= 0.6 is 0 Å². The summed E-state index contributed by atoms with van der Waals surface area (Å²) in [6.07, 6.45) is 10.9. The Morgan fingerprint density at radius 2 is 1.79 bits per heavy atom. The molecule has 5 nitrogen and oxygen atoms in total. The van der Waals surface area contributed by atoms with Crippen LogP contribution in [0.4, 0.5) is 0 Å². The fourth-order valence-corrected chi connectivity index (χ4v) is 9.71. The Hall–Kier alpha value is -0.940. The predicted octanol–water partition coefficient (Wildman–Crippen LogP) is 4.34. The Balaban J connectivity index is 1.26. The first-order chi connectivity index (χ1) is 16.1. The maximum Gasteiger partial charge on any atom is 0.222 e. The Bertz CT molecular complexity index is 792. The largest absolute Gasteiger partial charge is 0.340 e. The quantitative estimate of drug-likeness (QED) is 0.662. The van der Waals surface area contributed by atoms with Crippen LogP contribution in [0.15, 0.2) is 0 Å². The monoisotopic (exact) mass is 471 g/mol. The first-order valence-corrected chi connectivity index (χ1v) is 14.4. The fourth-order valence-electron chi connectivity index (χ4n) is 9.71. The van der Waals surface area contributed by atoms with E-state index in [2.05, 4.69) is 37.6 Å². The zero-order valence-electron chi connectivity index (χ0n) is 22.2. The van der Waals surface area contributed by atoms with Crippen molar-refractivity contribution in [2.75, 3.05) is 33.2 Å². The first kappa shape index (κ1) is 24.7. The highest BCUT2D eigenvalue weighted by Crippen LogP contribution is 2.67. The van der Waals surface area contributed by atoms with Gasteiger partial charge in [-0.15, -0.1) is 0 Å². The summed E-state index contributed by atoms with van der Waals surface area (Å²) >= 11 is 0. The molecule has 0 aromatic carbocycles. The number of hydrogen-bond donors (Lipinski definition) is 1. The minimum atomic E-state index is -0.175. The van der Waals surface area contributed by atoms with Crippen molar-refractivity contribution in [3.8, 4) is 0 Å². The zero-order valence-corrected chi connectivity index (χ0v) is 22.2. The summed E-state index contributed by atoms with van der Waals surface area (Å²) in [6.45, 7) is 10.8. The molecule has 0 bridgehead atoms. The molecule has 0 spiro atoms. The molecule has 0 aromatic heterocycles. The van der Waals surface area contributed by atoms with Gasteiger partial charge in [0.25, 0.3) is 0 Å². The molecule has 1 heterocycles. The van der Waals surface area contributed by atoms with Gasteiger partial charge < -0.3 is 15.5 Å². The van der Waals surface area contributed by atoms with E-state index < -0.39 is 0 Å². The third-order valence-corrected chi connectivity index (χ3v) is 12.0. The highest BCUT2D eigenvalue weighted by molar-refractivity contribution is 5.87. The number of piperazine rings is 1. The molecule has 0 unspecified atom stereocenters. The highest BCUT2D eigenvalue weighted by Gasteiger charge is 2.63. The van der Waals surface area contributed by atoms with E-state index in [0.717, 1.165) is 51.9 Å². The van der Waals surface area contributed by atoms with E-state index in [1.165, 1.54) is 32.1 Å². The van der Waals surface area contributed by atoms with Gasteiger partial charge in [-0.05, 0) is 99.3 Å². The number of nitrogens with zero attached hydrogens (tertiary/aromatic N) is 2. The number of hydrogen-bond acceptors (Lipinski definition) is 4. The number of carbonyl (C=O) groups is 2. The van der Waals surface area contributed by atoms with Crippen molar-refractivity contribution in [1.82, 2.24) is 9.80 Å². The molecule has 34 heavy (non-hydrogen) atoms. The summed E-state index contributed by atoms with van der Waals surface area (Å²) in [6, 6.07) is 0.365. The lowest BCUT2D eigenvalue weighted by molar-refractivity contribution is -0.157. The number of rotatable bonds is 4. The van der Waals surface area contributed by atoms with Crippen LogP contribution in [-0.2, 0) is 9.59 Å². The third kappa shape index (κ3) is 3.97. The van der Waals surface area contributed by atoms with Gasteiger partial charge in [-0.3, -0.25) is 9.59 Å². The molecule has 5 fully saturated rings. The van der Waals surface area contributed by atoms with Crippen LogP contribution in [0, 0.1) is 46.3 Å². The fraction of sp³-hybridized carbons (Fsp3) is 0.931. The number of ketones is 1. The van der Waals surface area contributed by atoms with Crippen molar-refractivity contribution in [2.24, 2.45) is 52.1 Å². The third-order valence-electron chi connectivity index (χ3n) is 12.0. The Morgan fingerprint density at radius 3 is 2.53 bits per heavy atom. The van der Waals surface area contributed by atoms with Gasteiger partial charge in [-0.25, -0.2) is 0 Å². The number of likely N-dealkylation sites (N-methyl/N-ethyl adjacent to an activating group) is 1. The summed E-state index contributed by atoms with van der Waals surface area (Å²) in [5, 5.41) is 0. The Morgan fingerprint density at radius 1 is 1.06 bits per heavy atom. The second kappa shape index (κ2) is 9.18. The normalized spacial score (nSPS) is 45.9. The number of carbonyl (C=O) groups excluding carboxylic acids is 2. The molecule has 9 atom stereocenters. The number of nitrogens with two attached hydrogens (primary N) is 1. The summed E-state index contributed by atoms with van der Waals surface area (Å²) in [5.74, 6) is 4.29. The second-order valence-corrected chi connectivity index (χ2v) is 13.5. The van der Waals surface area contributed by atoms with Crippen molar-refractivity contribution < 1.29 is 9.59 Å². The molecular weight excluding hydrogens is 422 g/mol. The molecule has 4 saturated carbocycles. The molecule has 5 aliphatic rings. The van der Waals surface area contributed by atoms with Crippen molar-refractivity contribution >= 4 is 11.7 Å². The maximum atomic E-state index is 14.0. The van der Waals surface area contributed by atoms with Gasteiger partial charge in [-0.1, -0.05) is 20.8 Å². The van der Waals surface area contributed by atoms with E-state index in [4.69, 9.17) is 5.73 Å². The van der Waals surface area contributed by atoms with Crippen LogP contribution in [-0.4, -0.2) is 60.8 Å². The van der Waals surface area contributed by atoms with E-state index in [1.807, 2.05) is 0 Å². The highest BCUT2D eigenvalue weighted by atomic mass is 16.2. The van der Waals surface area contributed by atoms with E-state index in [1.54, 1.807) is 0 Å². The van der Waals surface area contributed by atoms with E-state index >= 15 is 0 Å². The molecule has 2 N–H and O–H groups in total. The molecule has 5 rings (SSSR count). The topological polar surface area (TPSA) is 66.6 Å². The summed E-state index contributed by atoms with van der Waals surface area (Å²) in [5.41, 5.74) is 6.50. The second-order valence-electron chi connectivity index (χ2n) is 13.5. The minimum absolute atomic E-state index is 0.175. The van der Waals surface area contributed by atoms with Gasteiger partial charge in [0.1, 0.15) is 5.78 Å². The molecule has 1 amide bonds. The number of Topliss-reactive ketones (excluding diaryl/α,β-unsaturated/α-hetero) is 1. The lowest BCUT2D eigenvalue weighted by Gasteiger charge is -2.60. The Labute approximate surface area is 207 Å². The molecule has 192 valence electrons. The first-order valence-electron chi connectivity index (χ1n) is 14.4. The lowest BCUT2D eigenvalue weighted by Crippen LogP contribution is -2.57. The standard InChI is InChI=1S/C29H49N3O2/c1-19(5-10-27(34)32-15-13-31(4)14-16-32)23-8-9-24-22-7-6-20-17-21(30)11-12-28(20,2)25(22)18-26(33)29(23,24)3/h19-25H,5-18,30H2,1-4H3/t19-,20-,21+,22+,23-,24+,25+,28+,29-/m1/s1. The molecule has 0 aromatic rings. The average Bonchev–Trinajstić information content (AvgIpc) is 3.18. The molecule has 4 aliphatic carbocycles. The molecule has 0 radical (unpaired) electrons. The van der Waals surface area contributed by atoms with E-state index in [0.29, 0.717) is 65.1 Å². The van der Waals surface area contributed by atoms with Crippen LogP contribution in [0.25, 0.3) is 0 Å². The maximum absolute atomic E-state index is 14.0. The van der Waals surface area contributed by atoms with Crippen LogP contribution in [0.2, 0.25) is 0 Å². The van der Waals surface area contributed by atoms with Gasteiger partial charge >= 0.3 is 0 Å². The predicted molar refractivity (Wildman–Crippen MR) is 136 cm³/mol. The van der Waals surface area contributed by atoms with Crippen molar-refractivity contribution in [1.29, 1.82) is 0 Å². The van der Waals surface area contributed by atoms with Gasteiger partial charge in [0.05, 0.1) is 0 Å². The summed E-state index contributed by atoms with van der Waals surface area (Å²) < 4.78 is 0. The molecule has 1 aliphatic heterocycles. The summed E-state index contributed by atoms with van der Waals surface area (Å²) in [4.78, 5) is 31.2. The van der Waals surface area contributed by atoms with Crippen LogP contribution in [0.1, 0.15) is 85.0 Å². The average molecular weight is 472 g/mol. The number of amides is 1. The van der Waals surface area contributed by atoms with E-state index in [9.17, 15) is 9.59 Å². The molecule has 5 heteroatoms. The molecule has 1 saturated heterocycles. The van der Waals surface area contributed by atoms with Crippen molar-refractivity contribution in [3.05, 3.63) is 0 Å². The van der Waals surface area contributed by atoms with Gasteiger partial charge in [0, 0.05) is 50.5 Å². The van der Waals surface area contributed by atoms with E-state index in [-0.39, 0.29) is 5.41 Å². The van der Waals surface area contributed by atoms with Crippen LogP contribution in [0.3, 0.4) is 0 Å². The smallest absolute Gasteiger partial charge is 0.222 e. The SMILES string of the molecule is C[C@H](CCC(=O)N1CCN(C)CC1)[C@H]1CC[C@H]2[C@@H]3CC[C@@H]4C[C@@H](N)CC[C@]4(C)[C@H]3CC(=O)[C@]12C. The number of fused-ring (bicyclic) bond motifs is 5. The molecular formula is C29H49N3O2. The van der Waals surface area contributed by atoms with Crippen LogP contribution < -0.4 is 5.73 Å². The zero-order chi connectivity index (χ0) is 24.3. The lowest BCUT2D eigenvalue weighted by atomic mass is 9.44. The van der Waals surface area contributed by atoms with Gasteiger partial charge in [0.15, 0.2) is 0 Å². The van der Waals surface area contributed by atoms with Crippen molar-refractivity contribution in [2.45, 2.75) is 91.0 Å². The minimum Gasteiger partial charge on any atom is -0.340 e. The van der Waals surface area contributed by atoms with Gasteiger partial charge in [0.2, 0.25) is 5.91 Å². The Kier molecular flexibility index (Phi) is 6.68. The summed E-state index contributed by atoms with van der Waals surface area (Å²) in [7, 11) is 2.13. The van der Waals surface area contributed by atoms with Crippen molar-refractivity contribution in [3.63, 3.8) is 0 Å². The van der Waals surface area contributed by atoms with Crippen LogP contribution in [0.5, 0.6) is 0 Å².